The minimum atomic E-state index is -0.489. The predicted molar refractivity (Wildman–Crippen MR) is 167 cm³/mol. The maximum Gasteiger partial charge on any atom is 0.418 e. The Labute approximate surface area is 251 Å². The van der Waals surface area contributed by atoms with Gasteiger partial charge < -0.3 is 9.47 Å². The summed E-state index contributed by atoms with van der Waals surface area (Å²) in [5, 5.41) is 1.05. The van der Waals surface area contributed by atoms with E-state index in [-0.39, 0.29) is 23.2 Å². The molecule has 7 heteroatoms. The van der Waals surface area contributed by atoms with Gasteiger partial charge in [0, 0.05) is 34.5 Å². The number of hydrogen-bond donors (Lipinski definition) is 0. The minimum Gasteiger partial charge on any atom is -0.469 e. The molecule has 2 bridgehead atoms. The SMILES string of the molecule is C/C=C1/CN(CC(Sc2ccccc2)c2ccc(C)cc2)[C@@H]2C[C@H]1[C@@H](C(=O)OC)c1c2n(C(=O)OC)c2ccccc12. The molecule has 0 N–H and O–H groups in total. The topological polar surface area (TPSA) is 60.8 Å². The normalized spacial score (nSPS) is 21.6. The molecule has 1 fully saturated rings. The van der Waals surface area contributed by atoms with Crippen molar-refractivity contribution in [3.05, 3.63) is 113 Å². The second kappa shape index (κ2) is 11.8. The predicted octanol–water partition coefficient (Wildman–Crippen LogP) is 7.68. The first-order valence-electron chi connectivity index (χ1n) is 14.4. The number of para-hydroxylation sites is 1. The van der Waals surface area contributed by atoms with Gasteiger partial charge in [-0.05, 0) is 49.6 Å². The second-order valence-corrected chi connectivity index (χ2v) is 12.4. The fraction of sp³-hybridized carbons (Fsp3) is 0.314. The van der Waals surface area contributed by atoms with Crippen LogP contribution in [-0.4, -0.2) is 48.8 Å². The lowest BCUT2D eigenvalue weighted by Crippen LogP contribution is -2.47. The standard InChI is InChI=1S/C35H36N2O4S/c1-5-23-20-36(21-30(24-17-15-22(2)16-18-24)42-25-11-7-6-8-12-25)29-19-27(23)32(34(38)40-3)31-26-13-9-10-14-28(26)37(33(29)31)35(39)41-4/h5-18,27,29-30,32H,19-21H2,1-4H3/b23-5-/t27-,29-,30?,32-/m1/s1. The monoisotopic (exact) mass is 580 g/mol. The first-order valence-corrected chi connectivity index (χ1v) is 15.3. The van der Waals surface area contributed by atoms with Crippen molar-refractivity contribution in [2.45, 2.75) is 42.4 Å². The Kier molecular flexibility index (Phi) is 7.97. The quantitative estimate of drug-likeness (QED) is 0.132. The van der Waals surface area contributed by atoms with Gasteiger partial charge in [0.25, 0.3) is 0 Å². The molecule has 2 aliphatic rings. The maximum absolute atomic E-state index is 13.5. The van der Waals surface area contributed by atoms with Crippen LogP contribution in [0.2, 0.25) is 0 Å². The smallest absolute Gasteiger partial charge is 0.418 e. The Morgan fingerprint density at radius 3 is 2.38 bits per heavy atom. The molecular weight excluding hydrogens is 544 g/mol. The van der Waals surface area contributed by atoms with Crippen LogP contribution < -0.4 is 0 Å². The number of carbonyl (C=O) groups excluding carboxylic acids is 2. The van der Waals surface area contributed by atoms with Crippen LogP contribution >= 0.6 is 11.8 Å². The zero-order chi connectivity index (χ0) is 29.4. The van der Waals surface area contributed by atoms with Crippen LogP contribution in [-0.2, 0) is 14.3 Å². The molecule has 216 valence electrons. The van der Waals surface area contributed by atoms with Gasteiger partial charge in [0.1, 0.15) is 0 Å². The number of allylic oxidation sites excluding steroid dienone is 1. The van der Waals surface area contributed by atoms with Gasteiger partial charge in [0.2, 0.25) is 0 Å². The first kappa shape index (κ1) is 28.3. The summed E-state index contributed by atoms with van der Waals surface area (Å²) in [7, 11) is 2.86. The molecule has 4 aromatic rings. The zero-order valence-corrected chi connectivity index (χ0v) is 25.3. The third-order valence-corrected chi connectivity index (χ3v) is 10.1. The second-order valence-electron chi connectivity index (χ2n) is 11.1. The lowest BCUT2D eigenvalue weighted by Gasteiger charge is -2.48. The number of thioether (sulfide) groups is 1. The molecule has 0 saturated carbocycles. The number of rotatable bonds is 6. The van der Waals surface area contributed by atoms with Gasteiger partial charge in [-0.25, -0.2) is 9.36 Å². The number of aromatic nitrogens is 1. The van der Waals surface area contributed by atoms with E-state index in [1.165, 1.54) is 35.8 Å². The summed E-state index contributed by atoms with van der Waals surface area (Å²) < 4.78 is 12.4. The zero-order valence-electron chi connectivity index (χ0n) is 24.4. The number of likely N-dealkylation sites (tertiary alicyclic amines) is 1. The molecule has 0 radical (unpaired) electrons. The van der Waals surface area contributed by atoms with Gasteiger partial charge in [-0.3, -0.25) is 9.69 Å². The van der Waals surface area contributed by atoms with E-state index in [0.29, 0.717) is 6.54 Å². The molecule has 2 heterocycles. The van der Waals surface area contributed by atoms with Crippen LogP contribution in [0.3, 0.4) is 0 Å². The Bertz CT molecular complexity index is 1640. The Hall–Kier alpha value is -3.81. The molecule has 6 rings (SSSR count). The maximum atomic E-state index is 13.5. The van der Waals surface area contributed by atoms with Crippen LogP contribution in [0, 0.1) is 12.8 Å². The number of methoxy groups -OCH3 is 2. The molecule has 0 amide bonds. The van der Waals surface area contributed by atoms with E-state index in [4.69, 9.17) is 9.47 Å². The van der Waals surface area contributed by atoms with Gasteiger partial charge >= 0.3 is 12.1 Å². The molecule has 3 aromatic carbocycles. The molecule has 4 atom stereocenters. The Morgan fingerprint density at radius 2 is 1.69 bits per heavy atom. The minimum absolute atomic E-state index is 0.00676. The summed E-state index contributed by atoms with van der Waals surface area (Å²) in [6.07, 6.45) is 2.44. The Balaban J connectivity index is 1.51. The highest BCUT2D eigenvalue weighted by Crippen LogP contribution is 2.54. The molecule has 42 heavy (non-hydrogen) atoms. The van der Waals surface area contributed by atoms with Crippen molar-refractivity contribution in [3.8, 4) is 0 Å². The van der Waals surface area contributed by atoms with Crippen molar-refractivity contribution in [2.75, 3.05) is 27.3 Å². The summed E-state index contributed by atoms with van der Waals surface area (Å²) in [4.78, 5) is 30.6. The van der Waals surface area contributed by atoms with Crippen molar-refractivity contribution in [2.24, 2.45) is 5.92 Å². The average molecular weight is 581 g/mol. The first-order chi connectivity index (χ1) is 20.4. The van der Waals surface area contributed by atoms with Gasteiger partial charge in [-0.2, -0.15) is 0 Å². The van der Waals surface area contributed by atoms with E-state index < -0.39 is 12.0 Å². The summed E-state index contributed by atoms with van der Waals surface area (Å²) in [5.74, 6) is -0.762. The third-order valence-electron chi connectivity index (χ3n) is 8.82. The largest absolute Gasteiger partial charge is 0.469 e. The third kappa shape index (κ3) is 4.95. The van der Waals surface area contributed by atoms with Gasteiger partial charge in [-0.15, -0.1) is 11.8 Å². The average Bonchev–Trinajstić information content (AvgIpc) is 3.37. The lowest BCUT2D eigenvalue weighted by molar-refractivity contribution is -0.144. The highest BCUT2D eigenvalue weighted by Gasteiger charge is 2.50. The number of esters is 1. The molecule has 1 saturated heterocycles. The van der Waals surface area contributed by atoms with E-state index in [1.807, 2.05) is 42.1 Å². The molecule has 1 aliphatic heterocycles. The summed E-state index contributed by atoms with van der Waals surface area (Å²) in [6.45, 7) is 5.65. The fourth-order valence-electron chi connectivity index (χ4n) is 6.84. The summed E-state index contributed by atoms with van der Waals surface area (Å²) >= 11 is 1.86. The van der Waals surface area contributed by atoms with E-state index in [0.717, 1.165) is 35.1 Å². The number of benzene rings is 3. The fourth-order valence-corrected chi connectivity index (χ4v) is 8.04. The van der Waals surface area contributed by atoms with E-state index >= 15 is 0 Å². The highest BCUT2D eigenvalue weighted by molar-refractivity contribution is 7.99. The van der Waals surface area contributed by atoms with Crippen molar-refractivity contribution < 1.29 is 19.1 Å². The molecule has 0 spiro atoms. The highest BCUT2D eigenvalue weighted by atomic mass is 32.2. The van der Waals surface area contributed by atoms with Gasteiger partial charge in [0.05, 0.1) is 37.4 Å². The lowest BCUT2D eigenvalue weighted by atomic mass is 9.68. The Morgan fingerprint density at radius 1 is 0.976 bits per heavy atom. The van der Waals surface area contributed by atoms with Crippen molar-refractivity contribution in [1.82, 2.24) is 9.47 Å². The van der Waals surface area contributed by atoms with Crippen LogP contribution in [0.15, 0.2) is 95.4 Å². The van der Waals surface area contributed by atoms with Gasteiger partial charge in [-0.1, -0.05) is 77.9 Å². The molecule has 1 unspecified atom stereocenters. The van der Waals surface area contributed by atoms with Crippen LogP contribution in [0.4, 0.5) is 4.79 Å². The number of hydrogen-bond acceptors (Lipinski definition) is 6. The summed E-state index contributed by atoms with van der Waals surface area (Å²) in [6, 6.07) is 27.1. The number of carbonyl (C=O) groups is 2. The number of fused-ring (bicyclic) bond motifs is 6. The van der Waals surface area contributed by atoms with E-state index in [1.54, 1.807) is 4.57 Å². The van der Waals surface area contributed by atoms with Gasteiger partial charge in [0.15, 0.2) is 0 Å². The van der Waals surface area contributed by atoms with Crippen molar-refractivity contribution in [3.63, 3.8) is 0 Å². The number of aryl methyl sites for hydroxylation is 1. The number of nitrogens with zero attached hydrogens (tertiary/aromatic N) is 2. The van der Waals surface area contributed by atoms with Crippen LogP contribution in [0.5, 0.6) is 0 Å². The summed E-state index contributed by atoms with van der Waals surface area (Å²) in [5.41, 5.74) is 6.21. The van der Waals surface area contributed by atoms with Crippen molar-refractivity contribution >= 4 is 34.7 Å². The van der Waals surface area contributed by atoms with E-state index in [2.05, 4.69) is 73.4 Å². The number of ether oxygens (including phenoxy) is 2. The van der Waals surface area contributed by atoms with Crippen LogP contribution in [0.1, 0.15) is 52.9 Å². The molecule has 6 nitrogen and oxygen atoms in total. The van der Waals surface area contributed by atoms with Crippen LogP contribution in [0.25, 0.3) is 10.9 Å². The van der Waals surface area contributed by atoms with E-state index in [9.17, 15) is 9.59 Å². The number of piperidine rings is 1. The molecular formula is C35H36N2O4S. The molecule has 1 aliphatic carbocycles. The van der Waals surface area contributed by atoms with Crippen molar-refractivity contribution in [1.29, 1.82) is 0 Å². The molecule has 1 aromatic heterocycles.